The van der Waals surface area contributed by atoms with Gasteiger partial charge in [-0.25, -0.2) is 4.79 Å². The number of hydrogen-bond acceptors (Lipinski definition) is 4. The van der Waals surface area contributed by atoms with Crippen molar-refractivity contribution in [2.24, 2.45) is 0 Å². The van der Waals surface area contributed by atoms with Crippen molar-refractivity contribution >= 4 is 11.8 Å². The van der Waals surface area contributed by atoms with Gasteiger partial charge < -0.3 is 14.6 Å². The van der Waals surface area contributed by atoms with Crippen LogP contribution in [0.3, 0.4) is 0 Å². The fraction of sp³-hybridized carbons (Fsp3) is 0.357. The maximum Gasteiger partial charge on any atom is 0.411 e. The second kappa shape index (κ2) is 8.01. The summed E-state index contributed by atoms with van der Waals surface area (Å²) in [5.74, 6) is 6.22. The van der Waals surface area contributed by atoms with E-state index in [2.05, 4.69) is 17.2 Å². The molecule has 2 N–H and O–H groups in total. The lowest BCUT2D eigenvalue weighted by molar-refractivity contribution is 0.168. The van der Waals surface area contributed by atoms with Crippen molar-refractivity contribution in [1.29, 1.82) is 0 Å². The van der Waals surface area contributed by atoms with Crippen LogP contribution in [0.25, 0.3) is 0 Å². The Morgan fingerprint density at radius 1 is 1.47 bits per heavy atom. The highest BCUT2D eigenvalue weighted by molar-refractivity contribution is 5.87. The van der Waals surface area contributed by atoms with E-state index in [1.165, 1.54) is 7.11 Å². The number of carbonyl (C=O) groups is 1. The molecule has 5 heteroatoms. The maximum atomic E-state index is 11.4. The summed E-state index contributed by atoms with van der Waals surface area (Å²) in [6.07, 6.45) is -0.131. The standard InChI is InChI=1S/C14H17NO4/c1-3-19-14(17)15-12-10-11(6-4-5-9-16)7-8-13(12)18-2/h7-8,10,16H,3,5,9H2,1-2H3,(H,15,17). The number of aliphatic hydroxyl groups excluding tert-OH is 1. The van der Waals surface area contributed by atoms with Crippen LogP contribution in [0.1, 0.15) is 18.9 Å². The van der Waals surface area contributed by atoms with Crippen LogP contribution < -0.4 is 10.1 Å². The molecule has 1 amide bonds. The van der Waals surface area contributed by atoms with E-state index in [4.69, 9.17) is 14.6 Å². The minimum Gasteiger partial charge on any atom is -0.495 e. The summed E-state index contributed by atoms with van der Waals surface area (Å²) in [5, 5.41) is 11.3. The zero-order valence-corrected chi connectivity index (χ0v) is 11.0. The number of ether oxygens (including phenoxy) is 2. The van der Waals surface area contributed by atoms with E-state index in [0.29, 0.717) is 24.5 Å². The number of anilines is 1. The molecule has 0 fully saturated rings. The lowest BCUT2D eigenvalue weighted by atomic mass is 10.2. The van der Waals surface area contributed by atoms with Crippen molar-refractivity contribution in [2.45, 2.75) is 13.3 Å². The average Bonchev–Trinajstić information content (AvgIpc) is 2.39. The van der Waals surface area contributed by atoms with Gasteiger partial charge in [0.05, 0.1) is 26.0 Å². The molecule has 0 atom stereocenters. The summed E-state index contributed by atoms with van der Waals surface area (Å²) in [6.45, 7) is 2.05. The highest BCUT2D eigenvalue weighted by Gasteiger charge is 2.08. The lowest BCUT2D eigenvalue weighted by Crippen LogP contribution is -2.14. The van der Waals surface area contributed by atoms with Crippen LogP contribution in [0.2, 0.25) is 0 Å². The summed E-state index contributed by atoms with van der Waals surface area (Å²) in [6, 6.07) is 5.18. The monoisotopic (exact) mass is 263 g/mol. The first kappa shape index (κ1) is 14.9. The third kappa shape index (κ3) is 4.90. The van der Waals surface area contributed by atoms with Gasteiger partial charge in [-0.1, -0.05) is 11.8 Å². The van der Waals surface area contributed by atoms with Crippen molar-refractivity contribution in [3.05, 3.63) is 23.8 Å². The van der Waals surface area contributed by atoms with Gasteiger partial charge in [-0.2, -0.15) is 0 Å². The zero-order valence-electron chi connectivity index (χ0n) is 11.0. The molecule has 102 valence electrons. The number of rotatable bonds is 4. The number of nitrogens with one attached hydrogen (secondary N) is 1. The largest absolute Gasteiger partial charge is 0.495 e. The fourth-order valence-electron chi connectivity index (χ4n) is 1.38. The molecular formula is C14H17NO4. The molecule has 1 rings (SSSR count). The van der Waals surface area contributed by atoms with Gasteiger partial charge >= 0.3 is 6.09 Å². The number of aliphatic hydroxyl groups is 1. The molecule has 0 heterocycles. The predicted molar refractivity (Wildman–Crippen MR) is 72.2 cm³/mol. The minimum absolute atomic E-state index is 0.0249. The molecule has 0 saturated heterocycles. The SMILES string of the molecule is CCOC(=O)Nc1cc(C#CCCO)ccc1OC. The first-order chi connectivity index (χ1) is 9.21. The Bertz CT molecular complexity index is 488. The number of amides is 1. The summed E-state index contributed by atoms with van der Waals surface area (Å²) in [7, 11) is 1.52. The van der Waals surface area contributed by atoms with E-state index in [1.807, 2.05) is 0 Å². The van der Waals surface area contributed by atoms with Gasteiger partial charge in [-0.05, 0) is 25.1 Å². The Kier molecular flexibility index (Phi) is 6.27. The van der Waals surface area contributed by atoms with Gasteiger partial charge in [0.1, 0.15) is 5.75 Å². The molecule has 0 aliphatic heterocycles. The molecule has 19 heavy (non-hydrogen) atoms. The van der Waals surface area contributed by atoms with E-state index < -0.39 is 6.09 Å². The Morgan fingerprint density at radius 2 is 2.26 bits per heavy atom. The van der Waals surface area contributed by atoms with Crippen molar-refractivity contribution in [1.82, 2.24) is 0 Å². The average molecular weight is 263 g/mol. The fourth-order valence-corrected chi connectivity index (χ4v) is 1.38. The molecule has 0 aliphatic carbocycles. The van der Waals surface area contributed by atoms with E-state index in [9.17, 15) is 4.79 Å². The smallest absolute Gasteiger partial charge is 0.411 e. The summed E-state index contributed by atoms with van der Waals surface area (Å²) < 4.78 is 9.96. The van der Waals surface area contributed by atoms with Gasteiger partial charge in [0.25, 0.3) is 0 Å². The zero-order chi connectivity index (χ0) is 14.1. The Hall–Kier alpha value is -2.19. The third-order valence-electron chi connectivity index (χ3n) is 2.18. The van der Waals surface area contributed by atoms with Gasteiger partial charge in [-0.3, -0.25) is 5.32 Å². The maximum absolute atomic E-state index is 11.4. The van der Waals surface area contributed by atoms with Crippen LogP contribution in [-0.4, -0.2) is 31.5 Å². The van der Waals surface area contributed by atoms with Crippen molar-refractivity contribution in [3.8, 4) is 17.6 Å². The highest BCUT2D eigenvalue weighted by Crippen LogP contribution is 2.25. The molecular weight excluding hydrogens is 246 g/mol. The van der Waals surface area contributed by atoms with Crippen LogP contribution in [0.4, 0.5) is 10.5 Å². The van der Waals surface area contributed by atoms with E-state index in [1.54, 1.807) is 25.1 Å². The predicted octanol–water partition coefficient (Wildman–Crippen LogP) is 2.00. The molecule has 0 bridgehead atoms. The van der Waals surface area contributed by atoms with Crippen LogP contribution in [0.5, 0.6) is 5.75 Å². The molecule has 0 spiro atoms. The Labute approximate surface area is 112 Å². The third-order valence-corrected chi connectivity index (χ3v) is 2.18. The molecule has 1 aromatic carbocycles. The second-order valence-electron chi connectivity index (χ2n) is 3.54. The van der Waals surface area contributed by atoms with E-state index >= 15 is 0 Å². The molecule has 0 aliphatic rings. The molecule has 0 aromatic heterocycles. The first-order valence-electron chi connectivity index (χ1n) is 5.92. The van der Waals surface area contributed by atoms with Crippen molar-refractivity contribution in [2.75, 3.05) is 25.6 Å². The number of carbonyl (C=O) groups excluding carboxylic acids is 1. The summed E-state index contributed by atoms with van der Waals surface area (Å²) in [4.78, 5) is 11.4. The van der Waals surface area contributed by atoms with Crippen molar-refractivity contribution < 1.29 is 19.4 Å². The molecule has 0 radical (unpaired) electrons. The molecule has 0 saturated carbocycles. The summed E-state index contributed by atoms with van der Waals surface area (Å²) >= 11 is 0. The lowest BCUT2D eigenvalue weighted by Gasteiger charge is -2.10. The molecule has 5 nitrogen and oxygen atoms in total. The molecule has 1 aromatic rings. The van der Waals surface area contributed by atoms with Gasteiger partial charge in [0.15, 0.2) is 0 Å². The Morgan fingerprint density at radius 3 is 2.89 bits per heavy atom. The minimum atomic E-state index is -0.540. The van der Waals surface area contributed by atoms with Crippen LogP contribution in [0, 0.1) is 11.8 Å². The second-order valence-corrected chi connectivity index (χ2v) is 3.54. The Balaban J connectivity index is 2.90. The van der Waals surface area contributed by atoms with Crippen molar-refractivity contribution in [3.63, 3.8) is 0 Å². The highest BCUT2D eigenvalue weighted by atomic mass is 16.5. The van der Waals surface area contributed by atoms with E-state index in [-0.39, 0.29) is 6.61 Å². The summed E-state index contributed by atoms with van der Waals surface area (Å²) in [5.41, 5.74) is 1.22. The topological polar surface area (TPSA) is 67.8 Å². The molecule has 0 unspecified atom stereocenters. The quantitative estimate of drug-likeness (QED) is 0.815. The normalized spacial score (nSPS) is 9.21. The number of benzene rings is 1. The van der Waals surface area contributed by atoms with Gasteiger partial charge in [-0.15, -0.1) is 0 Å². The van der Waals surface area contributed by atoms with Crippen LogP contribution in [0.15, 0.2) is 18.2 Å². The van der Waals surface area contributed by atoms with E-state index in [0.717, 1.165) is 5.56 Å². The van der Waals surface area contributed by atoms with Crippen LogP contribution in [-0.2, 0) is 4.74 Å². The first-order valence-corrected chi connectivity index (χ1v) is 5.92. The van der Waals surface area contributed by atoms with Gasteiger partial charge in [0.2, 0.25) is 0 Å². The van der Waals surface area contributed by atoms with Gasteiger partial charge in [0, 0.05) is 12.0 Å². The number of hydrogen-bond donors (Lipinski definition) is 2. The van der Waals surface area contributed by atoms with Crippen LogP contribution >= 0.6 is 0 Å². The number of methoxy groups -OCH3 is 1.